The van der Waals surface area contributed by atoms with Crippen LogP contribution in [0.15, 0.2) is 0 Å². The second-order valence-corrected chi connectivity index (χ2v) is 8.65. The molecular weight excluding hydrogens is 465 g/mol. The molecule has 0 spiro atoms. The van der Waals surface area contributed by atoms with Crippen molar-refractivity contribution in [3.8, 4) is 0 Å². The summed E-state index contributed by atoms with van der Waals surface area (Å²) in [6.07, 6.45) is 10.9. The van der Waals surface area contributed by atoms with Gasteiger partial charge >= 0.3 is 41.5 Å². The number of carbonyl (C=O) groups excluding carboxylic acids is 2. The third-order valence-electron chi connectivity index (χ3n) is 5.55. The molecule has 11 nitrogen and oxygen atoms in total. The number of nitrogens with one attached hydrogen (secondary N) is 2. The van der Waals surface area contributed by atoms with Gasteiger partial charge in [0.2, 0.25) is 11.8 Å². The minimum absolute atomic E-state index is 0. The van der Waals surface area contributed by atoms with Crippen molar-refractivity contribution in [2.45, 2.75) is 115 Å². The third kappa shape index (κ3) is 19.6. The van der Waals surface area contributed by atoms with E-state index in [0.717, 1.165) is 24.4 Å². The van der Waals surface area contributed by atoms with Crippen LogP contribution in [0.5, 0.6) is 0 Å². The molecule has 12 heteroatoms. The Labute approximate surface area is 231 Å². The zero-order valence-corrected chi connectivity index (χ0v) is 20.6. The summed E-state index contributed by atoms with van der Waals surface area (Å²) in [5.41, 5.74) is 15.7. The fraction of sp³-hybridized carbons (Fsp3) is 0.826. The van der Waals surface area contributed by atoms with Crippen LogP contribution in [0.2, 0.25) is 0 Å². The summed E-state index contributed by atoms with van der Waals surface area (Å²) in [5, 5.41) is 20.1. The summed E-state index contributed by atoms with van der Waals surface area (Å²) in [5.74, 6) is -3.62. The number of unbranched alkanes of at least 4 members (excludes halogenated alkanes) is 9. The van der Waals surface area contributed by atoms with Crippen LogP contribution in [0, 0.1) is 0 Å². The molecule has 2 atom stereocenters. The van der Waals surface area contributed by atoms with Crippen molar-refractivity contribution in [1.82, 2.24) is 16.0 Å². The van der Waals surface area contributed by atoms with Gasteiger partial charge in [0.05, 0.1) is 0 Å². The fourth-order valence-electron chi connectivity index (χ4n) is 3.53. The standard InChI is InChI=1S/C23H45N5O6.Na.H/c1-2-3-4-5-6-7-8-9-10-14-21(30)27-28(19(23(33)34)15-16-20(25)29)26-18(22(31)32)13-11-12-17-24;;/h18-19,26H,2-17,24H2,1H3,(H2,25,29)(H,27,30)(H,31,32)(H,33,34);;/t18-,19-;;/m0../s1. The van der Waals surface area contributed by atoms with Gasteiger partial charge in [0, 0.05) is 12.8 Å². The number of carboxylic acids is 2. The Morgan fingerprint density at radius 3 is 1.86 bits per heavy atom. The quantitative estimate of drug-likeness (QED) is 0.0669. The van der Waals surface area contributed by atoms with Crippen molar-refractivity contribution in [3.05, 3.63) is 0 Å². The van der Waals surface area contributed by atoms with Crippen molar-refractivity contribution in [2.75, 3.05) is 6.54 Å². The molecule has 0 aromatic rings. The first-order valence-corrected chi connectivity index (χ1v) is 12.5. The van der Waals surface area contributed by atoms with Crippen LogP contribution < -0.4 is 22.3 Å². The normalized spacial score (nSPS) is 12.5. The predicted octanol–water partition coefficient (Wildman–Crippen LogP) is 1.40. The Morgan fingerprint density at radius 2 is 1.37 bits per heavy atom. The second-order valence-electron chi connectivity index (χ2n) is 8.65. The second kappa shape index (κ2) is 23.2. The Kier molecular flexibility index (Phi) is 23.8. The molecule has 0 heterocycles. The van der Waals surface area contributed by atoms with Crippen molar-refractivity contribution < 1.29 is 29.4 Å². The van der Waals surface area contributed by atoms with E-state index in [1.54, 1.807) is 0 Å². The molecule has 0 saturated heterocycles. The average molecular weight is 512 g/mol. The molecule has 0 aliphatic heterocycles. The molecular formula is C23H46N5NaO6. The van der Waals surface area contributed by atoms with E-state index in [-0.39, 0.29) is 55.2 Å². The van der Waals surface area contributed by atoms with Crippen molar-refractivity contribution in [1.29, 1.82) is 0 Å². The molecule has 0 saturated carbocycles. The monoisotopic (exact) mass is 511 g/mol. The Bertz CT molecular complexity index is 611. The number of amides is 2. The first-order chi connectivity index (χ1) is 16.2. The van der Waals surface area contributed by atoms with Crippen LogP contribution in [0.1, 0.15) is 103 Å². The summed E-state index contributed by atoms with van der Waals surface area (Å²) in [6, 6.07) is -2.49. The van der Waals surface area contributed by atoms with Gasteiger partial charge in [-0.3, -0.25) is 24.6 Å². The Morgan fingerprint density at radius 1 is 0.800 bits per heavy atom. The first-order valence-electron chi connectivity index (χ1n) is 12.5. The number of nitrogens with two attached hydrogens (primary N) is 2. The summed E-state index contributed by atoms with van der Waals surface area (Å²) in [4.78, 5) is 47.2. The number of carboxylic acid groups (broad SMARTS) is 2. The molecule has 0 aliphatic carbocycles. The number of hydrogen-bond donors (Lipinski definition) is 6. The van der Waals surface area contributed by atoms with E-state index in [2.05, 4.69) is 17.8 Å². The predicted molar refractivity (Wildman–Crippen MR) is 136 cm³/mol. The summed E-state index contributed by atoms with van der Waals surface area (Å²) in [6.45, 7) is 2.59. The molecule has 0 aromatic heterocycles. The van der Waals surface area contributed by atoms with Crippen LogP contribution in [0.3, 0.4) is 0 Å². The van der Waals surface area contributed by atoms with Gasteiger partial charge in [-0.05, 0) is 38.6 Å². The van der Waals surface area contributed by atoms with Gasteiger partial charge in [-0.15, -0.1) is 5.12 Å². The molecule has 0 aliphatic rings. The Hall–Kier alpha value is -1.24. The fourth-order valence-corrected chi connectivity index (χ4v) is 3.53. The molecule has 0 rings (SSSR count). The number of hydrazine groups is 2. The van der Waals surface area contributed by atoms with Gasteiger partial charge in [-0.1, -0.05) is 58.3 Å². The molecule has 0 radical (unpaired) electrons. The number of rotatable bonds is 23. The van der Waals surface area contributed by atoms with E-state index in [1.807, 2.05) is 0 Å². The SMILES string of the molecule is CCCCCCCCCCCC(=O)NN(N[C@@H](CCCCN)C(=O)O)[C@@H](CCC(N)=O)C(=O)O.[NaH]. The summed E-state index contributed by atoms with van der Waals surface area (Å²) < 4.78 is 0. The maximum atomic E-state index is 12.5. The molecule has 0 aromatic carbocycles. The van der Waals surface area contributed by atoms with E-state index in [0.29, 0.717) is 25.8 Å². The maximum absolute atomic E-state index is 12.5. The molecule has 200 valence electrons. The van der Waals surface area contributed by atoms with Crippen molar-refractivity contribution in [3.63, 3.8) is 0 Å². The third-order valence-corrected chi connectivity index (χ3v) is 5.55. The number of hydrogen-bond acceptors (Lipinski definition) is 7. The molecule has 0 bridgehead atoms. The topological polar surface area (TPSA) is 188 Å². The first kappa shape index (κ1) is 35.9. The van der Waals surface area contributed by atoms with Crippen LogP contribution in [-0.4, -0.2) is 87.3 Å². The van der Waals surface area contributed by atoms with Crippen LogP contribution in [0.25, 0.3) is 0 Å². The van der Waals surface area contributed by atoms with Crippen molar-refractivity contribution in [2.24, 2.45) is 11.5 Å². The molecule has 0 unspecified atom stereocenters. The van der Waals surface area contributed by atoms with E-state index >= 15 is 0 Å². The van der Waals surface area contributed by atoms with Gasteiger partial charge in [0.1, 0.15) is 12.1 Å². The summed E-state index contributed by atoms with van der Waals surface area (Å²) >= 11 is 0. The van der Waals surface area contributed by atoms with E-state index < -0.39 is 35.8 Å². The molecule has 8 N–H and O–H groups in total. The number of carbonyl (C=O) groups is 4. The Balaban J connectivity index is 0. The van der Waals surface area contributed by atoms with Crippen LogP contribution in [0.4, 0.5) is 0 Å². The zero-order valence-electron chi connectivity index (χ0n) is 20.6. The van der Waals surface area contributed by atoms with E-state index in [9.17, 15) is 29.4 Å². The molecule has 2 amide bonds. The van der Waals surface area contributed by atoms with E-state index in [1.165, 1.54) is 32.1 Å². The number of primary amides is 1. The van der Waals surface area contributed by atoms with Gasteiger partial charge in [-0.25, -0.2) is 5.43 Å². The van der Waals surface area contributed by atoms with Gasteiger partial charge in [0.25, 0.3) is 0 Å². The van der Waals surface area contributed by atoms with Gasteiger partial charge in [0.15, 0.2) is 0 Å². The van der Waals surface area contributed by atoms with Crippen LogP contribution >= 0.6 is 0 Å². The average Bonchev–Trinajstić information content (AvgIpc) is 2.76. The minimum atomic E-state index is -1.36. The number of nitrogens with zero attached hydrogens (tertiary/aromatic N) is 1. The summed E-state index contributed by atoms with van der Waals surface area (Å²) in [7, 11) is 0. The van der Waals surface area contributed by atoms with E-state index in [4.69, 9.17) is 11.5 Å². The van der Waals surface area contributed by atoms with Crippen molar-refractivity contribution >= 4 is 53.3 Å². The number of aliphatic carboxylic acids is 2. The molecule has 35 heavy (non-hydrogen) atoms. The van der Waals surface area contributed by atoms with Crippen LogP contribution in [-0.2, 0) is 19.2 Å². The zero-order chi connectivity index (χ0) is 25.8. The van der Waals surface area contributed by atoms with Gasteiger partial charge < -0.3 is 21.7 Å². The molecule has 0 fully saturated rings. The van der Waals surface area contributed by atoms with Gasteiger partial charge in [-0.2, -0.15) is 0 Å².